The minimum absolute atomic E-state index is 0.574. The maximum Gasteiger partial charge on any atom is 0.121 e. The van der Waals surface area contributed by atoms with Gasteiger partial charge in [-0.1, -0.05) is 35.3 Å². The molecule has 0 saturated heterocycles. The number of aryl methyl sites for hydroxylation is 1. The largest absolute Gasteiger partial charge is 0.382 e. The van der Waals surface area contributed by atoms with Crippen LogP contribution in [0.4, 0.5) is 0 Å². The van der Waals surface area contributed by atoms with Crippen LogP contribution >= 0.6 is 23.2 Å². The van der Waals surface area contributed by atoms with Crippen molar-refractivity contribution in [2.75, 3.05) is 0 Å². The van der Waals surface area contributed by atoms with Crippen molar-refractivity contribution in [3.63, 3.8) is 0 Å². The molecular weight excluding hydrogens is 369 g/mol. The van der Waals surface area contributed by atoms with Gasteiger partial charge in [0.2, 0.25) is 0 Å². The number of hydrogen-bond donors (Lipinski definition) is 1. The van der Waals surface area contributed by atoms with E-state index < -0.39 is 6.10 Å². The Hall–Kier alpha value is -2.40. The van der Waals surface area contributed by atoms with Gasteiger partial charge in [-0.25, -0.2) is 4.98 Å². The number of hydrogen-bond acceptors (Lipinski definition) is 3. The van der Waals surface area contributed by atoms with E-state index in [1.54, 1.807) is 35.4 Å². The molecule has 4 nitrogen and oxygen atoms in total. The van der Waals surface area contributed by atoms with Crippen LogP contribution in [0, 0.1) is 0 Å². The molecule has 2 aromatic heterocycles. The molecule has 0 amide bonds. The van der Waals surface area contributed by atoms with E-state index in [0.29, 0.717) is 10.0 Å². The van der Waals surface area contributed by atoms with E-state index in [0.717, 1.165) is 33.3 Å². The van der Waals surface area contributed by atoms with E-state index in [4.69, 9.17) is 23.2 Å². The lowest BCUT2D eigenvalue weighted by Crippen LogP contribution is -2.05. The first kappa shape index (κ1) is 17.0. The molecule has 1 unspecified atom stereocenters. The van der Waals surface area contributed by atoms with Crippen molar-refractivity contribution in [3.8, 4) is 11.1 Å². The van der Waals surface area contributed by atoms with Crippen molar-refractivity contribution >= 4 is 34.1 Å². The Kier molecular flexibility index (Phi) is 4.41. The molecule has 0 spiro atoms. The van der Waals surface area contributed by atoms with Crippen molar-refractivity contribution in [2.24, 2.45) is 7.05 Å². The summed E-state index contributed by atoms with van der Waals surface area (Å²) in [6.07, 6.45) is 4.32. The number of halogens is 2. The molecule has 0 fully saturated rings. The van der Waals surface area contributed by atoms with E-state index in [1.165, 1.54) is 0 Å². The molecule has 26 heavy (non-hydrogen) atoms. The lowest BCUT2D eigenvalue weighted by Gasteiger charge is -2.13. The average molecular weight is 384 g/mol. The number of fused-ring (bicyclic) bond motifs is 1. The first-order valence-electron chi connectivity index (χ1n) is 8.03. The fraction of sp³-hybridized carbons (Fsp3) is 0.100. The summed E-state index contributed by atoms with van der Waals surface area (Å²) >= 11 is 12.6. The van der Waals surface area contributed by atoms with Gasteiger partial charge < -0.3 is 9.67 Å². The van der Waals surface area contributed by atoms with Crippen LogP contribution in [0.5, 0.6) is 0 Å². The zero-order chi connectivity index (χ0) is 18.3. The molecule has 0 aliphatic heterocycles. The normalized spacial score (nSPS) is 12.5. The summed E-state index contributed by atoms with van der Waals surface area (Å²) in [5, 5.41) is 12.7. The molecule has 0 aliphatic carbocycles. The zero-order valence-corrected chi connectivity index (χ0v) is 15.4. The highest BCUT2D eigenvalue weighted by molar-refractivity contribution is 6.39. The Bertz CT molecular complexity index is 1090. The van der Waals surface area contributed by atoms with Gasteiger partial charge in [0.15, 0.2) is 0 Å². The second-order valence-electron chi connectivity index (χ2n) is 6.10. The molecule has 1 atom stereocenters. The number of benzene rings is 2. The maximum absolute atomic E-state index is 10.7. The van der Waals surface area contributed by atoms with Gasteiger partial charge in [0.1, 0.15) is 6.10 Å². The molecule has 130 valence electrons. The standard InChI is InChI=1S/C20H15Cl2N3O/c1-25-11-23-10-18(25)20(26)12-5-6-17-13(7-12)8-14(9-24-17)19-15(21)3-2-4-16(19)22/h2-11,20,26H,1H3. The van der Waals surface area contributed by atoms with E-state index in [1.807, 2.05) is 37.4 Å². The van der Waals surface area contributed by atoms with Crippen molar-refractivity contribution in [1.29, 1.82) is 0 Å². The van der Waals surface area contributed by atoms with Crippen LogP contribution in [0.15, 0.2) is 61.2 Å². The fourth-order valence-corrected chi connectivity index (χ4v) is 3.65. The molecule has 2 heterocycles. The highest BCUT2D eigenvalue weighted by atomic mass is 35.5. The molecule has 0 bridgehead atoms. The number of rotatable bonds is 3. The van der Waals surface area contributed by atoms with Gasteiger partial charge in [-0.15, -0.1) is 0 Å². The molecule has 0 aliphatic rings. The summed E-state index contributed by atoms with van der Waals surface area (Å²) in [5.41, 5.74) is 3.91. The Morgan fingerprint density at radius 1 is 1.04 bits per heavy atom. The topological polar surface area (TPSA) is 50.9 Å². The van der Waals surface area contributed by atoms with Crippen molar-refractivity contribution in [2.45, 2.75) is 6.10 Å². The van der Waals surface area contributed by atoms with Gasteiger partial charge in [-0.05, 0) is 35.9 Å². The molecular formula is C20H15Cl2N3O. The maximum atomic E-state index is 10.7. The van der Waals surface area contributed by atoms with Crippen molar-refractivity contribution < 1.29 is 5.11 Å². The number of imidazole rings is 1. The first-order chi connectivity index (χ1) is 12.5. The number of pyridine rings is 1. The quantitative estimate of drug-likeness (QED) is 0.539. The third-order valence-electron chi connectivity index (χ3n) is 4.41. The number of aliphatic hydroxyl groups is 1. The van der Waals surface area contributed by atoms with Crippen LogP contribution in [0.2, 0.25) is 10.0 Å². The van der Waals surface area contributed by atoms with Crippen LogP contribution < -0.4 is 0 Å². The molecule has 4 rings (SSSR count). The summed E-state index contributed by atoms with van der Waals surface area (Å²) in [4.78, 5) is 8.57. The molecule has 1 N–H and O–H groups in total. The Balaban J connectivity index is 1.82. The highest BCUT2D eigenvalue weighted by Crippen LogP contribution is 2.35. The minimum atomic E-state index is -0.764. The highest BCUT2D eigenvalue weighted by Gasteiger charge is 2.15. The molecule has 6 heteroatoms. The van der Waals surface area contributed by atoms with Crippen LogP contribution in [-0.4, -0.2) is 19.6 Å². The zero-order valence-electron chi connectivity index (χ0n) is 13.9. The smallest absolute Gasteiger partial charge is 0.121 e. The molecule has 2 aromatic carbocycles. The summed E-state index contributed by atoms with van der Waals surface area (Å²) in [5.74, 6) is 0. The van der Waals surface area contributed by atoms with Crippen molar-refractivity contribution in [1.82, 2.24) is 14.5 Å². The Labute approximate surface area is 160 Å². The molecule has 0 saturated carbocycles. The summed E-state index contributed by atoms with van der Waals surface area (Å²) < 4.78 is 1.80. The van der Waals surface area contributed by atoms with Gasteiger partial charge in [-0.2, -0.15) is 0 Å². The number of aromatic nitrogens is 3. The summed E-state index contributed by atoms with van der Waals surface area (Å²) in [7, 11) is 1.85. The van der Waals surface area contributed by atoms with Gasteiger partial charge in [-0.3, -0.25) is 4.98 Å². The Morgan fingerprint density at radius 2 is 1.81 bits per heavy atom. The van der Waals surface area contributed by atoms with Crippen LogP contribution in [0.1, 0.15) is 17.4 Å². The monoisotopic (exact) mass is 383 g/mol. The SMILES string of the molecule is Cn1cncc1C(O)c1ccc2ncc(-c3c(Cl)cccc3Cl)cc2c1. The van der Waals surface area contributed by atoms with Crippen LogP contribution in [0.25, 0.3) is 22.0 Å². The third kappa shape index (κ3) is 2.97. The van der Waals surface area contributed by atoms with Gasteiger partial charge >= 0.3 is 0 Å². The second-order valence-corrected chi connectivity index (χ2v) is 6.92. The minimum Gasteiger partial charge on any atom is -0.382 e. The average Bonchev–Trinajstić information content (AvgIpc) is 3.06. The van der Waals surface area contributed by atoms with E-state index in [-0.39, 0.29) is 0 Å². The second kappa shape index (κ2) is 6.72. The summed E-state index contributed by atoms with van der Waals surface area (Å²) in [6, 6.07) is 13.1. The van der Waals surface area contributed by atoms with E-state index >= 15 is 0 Å². The lowest BCUT2D eigenvalue weighted by atomic mass is 10.0. The van der Waals surface area contributed by atoms with Gasteiger partial charge in [0, 0.05) is 39.8 Å². The first-order valence-corrected chi connectivity index (χ1v) is 8.78. The predicted octanol–water partition coefficient (Wildman–Crippen LogP) is 5.02. The number of aliphatic hydroxyl groups excluding tert-OH is 1. The fourth-order valence-electron chi connectivity index (χ4n) is 3.03. The lowest BCUT2D eigenvalue weighted by molar-refractivity contribution is 0.211. The molecule has 4 aromatic rings. The number of nitrogens with zero attached hydrogens (tertiary/aromatic N) is 3. The van der Waals surface area contributed by atoms with Crippen molar-refractivity contribution in [3.05, 3.63) is 82.5 Å². The summed E-state index contributed by atoms with van der Waals surface area (Å²) in [6.45, 7) is 0. The van der Waals surface area contributed by atoms with E-state index in [2.05, 4.69) is 9.97 Å². The Morgan fingerprint density at radius 3 is 2.50 bits per heavy atom. The third-order valence-corrected chi connectivity index (χ3v) is 5.04. The van der Waals surface area contributed by atoms with Crippen LogP contribution in [-0.2, 0) is 7.05 Å². The van der Waals surface area contributed by atoms with E-state index in [9.17, 15) is 5.11 Å². The molecule has 0 radical (unpaired) electrons. The van der Waals surface area contributed by atoms with Crippen LogP contribution in [0.3, 0.4) is 0 Å². The van der Waals surface area contributed by atoms with Gasteiger partial charge in [0.05, 0.1) is 23.7 Å². The van der Waals surface area contributed by atoms with Gasteiger partial charge in [0.25, 0.3) is 0 Å². The predicted molar refractivity (Wildman–Crippen MR) is 104 cm³/mol.